The highest BCUT2D eigenvalue weighted by Crippen LogP contribution is 2.41. The third-order valence-electron chi connectivity index (χ3n) is 1.08. The van der Waals surface area contributed by atoms with Crippen LogP contribution in [-0.2, 0) is 0 Å². The van der Waals surface area contributed by atoms with Crippen LogP contribution in [0.25, 0.3) is 0 Å². The summed E-state index contributed by atoms with van der Waals surface area (Å²) in [6, 6.07) is 0. The van der Waals surface area contributed by atoms with Crippen molar-refractivity contribution in [3.8, 4) is 0 Å². The topological polar surface area (TPSA) is 20.2 Å². The lowest BCUT2D eigenvalue weighted by Crippen LogP contribution is -1.65. The molecule has 1 nitrogen and oxygen atoms in total. The van der Waals surface area contributed by atoms with Crippen LogP contribution in [0.15, 0.2) is 0 Å². The van der Waals surface area contributed by atoms with Gasteiger partial charge < -0.3 is 5.11 Å². The first-order valence-electron chi connectivity index (χ1n) is 3.34. The summed E-state index contributed by atoms with van der Waals surface area (Å²) in [5, 5.41) is 7.57. The van der Waals surface area contributed by atoms with E-state index < -0.39 is 0 Å². The van der Waals surface area contributed by atoms with Gasteiger partial charge in [0.1, 0.15) is 0 Å². The molecule has 0 aromatic rings. The summed E-state index contributed by atoms with van der Waals surface area (Å²) in [6.45, 7) is 1.93. The van der Waals surface area contributed by atoms with Crippen LogP contribution >= 0.6 is 19.0 Å². The second kappa shape index (κ2) is 6.13. The van der Waals surface area contributed by atoms with Gasteiger partial charge >= 0.3 is 0 Å². The average Bonchev–Trinajstić information content (AvgIpc) is 2.19. The summed E-state index contributed by atoms with van der Waals surface area (Å²) in [6.07, 6.45) is 1.37. The molecule has 2 atom stereocenters. The predicted molar refractivity (Wildman–Crippen MR) is 56.5 cm³/mol. The Morgan fingerprint density at radius 1 is 1.30 bits per heavy atom. The predicted octanol–water partition coefficient (Wildman–Crippen LogP) is 1.71. The van der Waals surface area contributed by atoms with Crippen molar-refractivity contribution >= 4 is 30.8 Å². The SMILES string of the molecule is C=S1CCCS1=C.CCO. The minimum absolute atomic E-state index is 0.250. The highest BCUT2D eigenvalue weighted by molar-refractivity contribution is 8.89. The molecule has 0 aliphatic carbocycles. The molecule has 0 radical (unpaired) electrons. The Kier molecular flexibility index (Phi) is 6.38. The average molecular weight is 180 g/mol. The quantitative estimate of drug-likeness (QED) is 0.444. The fraction of sp³-hybridized carbons (Fsp3) is 0.714. The van der Waals surface area contributed by atoms with Crippen molar-refractivity contribution in [3.63, 3.8) is 0 Å². The zero-order valence-corrected chi connectivity index (χ0v) is 8.14. The Bertz CT molecular complexity index is 118. The number of hydrogen-bond acceptors (Lipinski definition) is 1. The summed E-state index contributed by atoms with van der Waals surface area (Å²) in [5.74, 6) is 10.7. The normalized spacial score (nSPS) is 31.0. The maximum atomic E-state index is 7.57. The monoisotopic (exact) mass is 180 g/mol. The molecular weight excluding hydrogens is 164 g/mol. The standard InChI is InChI=1S/C5H10S2.C2H6O/c1-6-4-3-5-7(6)2;1-2-3/h1-5H2;3H,2H2,1H3. The van der Waals surface area contributed by atoms with Crippen LogP contribution in [0.4, 0.5) is 0 Å². The summed E-state index contributed by atoms with van der Waals surface area (Å²) >= 11 is 0. The van der Waals surface area contributed by atoms with Gasteiger partial charge in [-0.15, -0.1) is 19.0 Å². The van der Waals surface area contributed by atoms with Crippen molar-refractivity contribution < 1.29 is 5.11 Å². The molecule has 1 rings (SSSR count). The fourth-order valence-corrected chi connectivity index (χ4v) is 4.32. The van der Waals surface area contributed by atoms with Crippen molar-refractivity contribution in [3.05, 3.63) is 0 Å². The van der Waals surface area contributed by atoms with Crippen LogP contribution in [0.2, 0.25) is 0 Å². The van der Waals surface area contributed by atoms with E-state index >= 15 is 0 Å². The number of aliphatic hydroxyl groups is 1. The first kappa shape index (κ1) is 10.4. The number of aliphatic hydroxyl groups excluding tert-OH is 1. The third-order valence-corrected chi connectivity index (χ3v) is 6.23. The van der Waals surface area contributed by atoms with Crippen molar-refractivity contribution in [1.82, 2.24) is 0 Å². The molecule has 0 spiro atoms. The third kappa shape index (κ3) is 4.25. The first-order valence-corrected chi connectivity index (χ1v) is 6.99. The van der Waals surface area contributed by atoms with E-state index in [0.717, 1.165) is 0 Å². The maximum Gasteiger partial charge on any atom is 0.0402 e. The van der Waals surface area contributed by atoms with E-state index in [1.807, 2.05) is 0 Å². The van der Waals surface area contributed by atoms with E-state index in [-0.39, 0.29) is 6.61 Å². The zero-order chi connectivity index (χ0) is 7.98. The molecule has 2 unspecified atom stereocenters. The van der Waals surface area contributed by atoms with E-state index in [4.69, 9.17) is 5.11 Å². The highest BCUT2D eigenvalue weighted by Gasteiger charge is 2.04. The molecule has 0 saturated carbocycles. The van der Waals surface area contributed by atoms with E-state index in [9.17, 15) is 0 Å². The molecule has 0 aromatic carbocycles. The van der Waals surface area contributed by atoms with Gasteiger partial charge in [0.05, 0.1) is 0 Å². The van der Waals surface area contributed by atoms with Crippen LogP contribution in [0.5, 0.6) is 0 Å². The smallest absolute Gasteiger partial charge is 0.0402 e. The van der Waals surface area contributed by atoms with Crippen LogP contribution in [-0.4, -0.2) is 35.0 Å². The summed E-state index contributed by atoms with van der Waals surface area (Å²) < 4.78 is 0. The maximum absolute atomic E-state index is 7.57. The molecule has 10 heavy (non-hydrogen) atoms. The lowest BCUT2D eigenvalue weighted by atomic mass is 10.6. The van der Waals surface area contributed by atoms with Crippen LogP contribution in [0.1, 0.15) is 13.3 Å². The Labute approximate surface area is 67.7 Å². The molecule has 3 heteroatoms. The molecule has 1 heterocycles. The van der Waals surface area contributed by atoms with Gasteiger partial charge in [-0.05, 0) is 24.9 Å². The molecule has 1 aliphatic rings. The van der Waals surface area contributed by atoms with Crippen LogP contribution in [0, 0.1) is 0 Å². The van der Waals surface area contributed by atoms with E-state index in [0.29, 0.717) is 19.0 Å². The molecular formula is C7H16OS2. The largest absolute Gasteiger partial charge is 0.397 e. The number of rotatable bonds is 0. The Balaban J connectivity index is 0.000000236. The van der Waals surface area contributed by atoms with Crippen molar-refractivity contribution in [2.45, 2.75) is 13.3 Å². The van der Waals surface area contributed by atoms with Crippen molar-refractivity contribution in [2.24, 2.45) is 0 Å². The van der Waals surface area contributed by atoms with Gasteiger partial charge in [0.15, 0.2) is 0 Å². The van der Waals surface area contributed by atoms with Gasteiger partial charge in [0, 0.05) is 6.61 Å². The Morgan fingerprint density at radius 3 is 1.70 bits per heavy atom. The number of hydrogen-bond donors (Lipinski definition) is 1. The summed E-state index contributed by atoms with van der Waals surface area (Å²) in [4.78, 5) is 0. The van der Waals surface area contributed by atoms with E-state index in [1.54, 1.807) is 6.92 Å². The van der Waals surface area contributed by atoms with Gasteiger partial charge in [-0.25, -0.2) is 0 Å². The molecule has 1 aliphatic heterocycles. The molecule has 1 fully saturated rings. The molecule has 0 amide bonds. The second-order valence-corrected chi connectivity index (χ2v) is 7.36. The Hall–Kier alpha value is 0.400. The van der Waals surface area contributed by atoms with Gasteiger partial charge in [-0.3, -0.25) is 0 Å². The van der Waals surface area contributed by atoms with Gasteiger partial charge in [0.2, 0.25) is 0 Å². The Morgan fingerprint density at radius 2 is 1.60 bits per heavy atom. The van der Waals surface area contributed by atoms with Crippen molar-refractivity contribution in [2.75, 3.05) is 18.1 Å². The lowest BCUT2D eigenvalue weighted by molar-refractivity contribution is 0.318. The molecule has 1 saturated heterocycles. The van der Waals surface area contributed by atoms with E-state index in [1.165, 1.54) is 17.9 Å². The molecule has 0 bridgehead atoms. The minimum Gasteiger partial charge on any atom is -0.397 e. The van der Waals surface area contributed by atoms with Crippen LogP contribution in [0.3, 0.4) is 0 Å². The van der Waals surface area contributed by atoms with Crippen LogP contribution < -0.4 is 0 Å². The first-order chi connectivity index (χ1) is 4.72. The van der Waals surface area contributed by atoms with Gasteiger partial charge in [0.25, 0.3) is 0 Å². The minimum atomic E-state index is 0.250. The van der Waals surface area contributed by atoms with Crippen molar-refractivity contribution in [1.29, 1.82) is 0 Å². The van der Waals surface area contributed by atoms with Gasteiger partial charge in [-0.2, -0.15) is 0 Å². The van der Waals surface area contributed by atoms with E-state index in [2.05, 4.69) is 11.7 Å². The molecule has 0 aromatic heterocycles. The molecule has 1 N–H and O–H groups in total. The fourth-order valence-electron chi connectivity index (χ4n) is 0.617. The second-order valence-electron chi connectivity index (χ2n) is 1.96. The zero-order valence-electron chi connectivity index (χ0n) is 6.51. The highest BCUT2D eigenvalue weighted by atomic mass is 33.1. The summed E-state index contributed by atoms with van der Waals surface area (Å²) in [5.41, 5.74) is 0. The lowest BCUT2D eigenvalue weighted by Gasteiger charge is -1.93. The molecule has 62 valence electrons. The van der Waals surface area contributed by atoms with Gasteiger partial charge in [-0.1, -0.05) is 11.7 Å². The summed E-state index contributed by atoms with van der Waals surface area (Å²) in [7, 11) is 0.898.